The molecule has 0 amide bonds. The molecule has 0 aliphatic rings. The minimum absolute atomic E-state index is 0.755. The lowest BCUT2D eigenvalue weighted by atomic mass is 10.1. The summed E-state index contributed by atoms with van der Waals surface area (Å²) in [5.41, 5.74) is 2.23. The highest BCUT2D eigenvalue weighted by Gasteiger charge is 1.97. The molecule has 0 spiro atoms. The van der Waals surface area contributed by atoms with E-state index in [0.717, 1.165) is 20.6 Å². The van der Waals surface area contributed by atoms with E-state index in [4.69, 9.17) is 11.6 Å². The molecule has 14 heavy (non-hydrogen) atoms. The van der Waals surface area contributed by atoms with Crippen LogP contribution in [0.5, 0.6) is 0 Å². The summed E-state index contributed by atoms with van der Waals surface area (Å²) in [4.78, 5) is 0. The van der Waals surface area contributed by atoms with Gasteiger partial charge in [-0.15, -0.1) is 0 Å². The Morgan fingerprint density at radius 3 is 2.57 bits per heavy atom. The smallest absolute Gasteiger partial charge is 0.0412 e. The van der Waals surface area contributed by atoms with E-state index in [2.05, 4.69) is 22.0 Å². The zero-order valence-electron chi connectivity index (χ0n) is 7.30. The molecule has 2 heteroatoms. The molecule has 69 valence electrons. The Bertz CT molecular complexity index is 434. The highest BCUT2D eigenvalue weighted by molar-refractivity contribution is 9.10. The second-order valence-electron chi connectivity index (χ2n) is 2.94. The molecule has 0 saturated heterocycles. The van der Waals surface area contributed by atoms with Crippen molar-refractivity contribution in [2.45, 2.75) is 0 Å². The van der Waals surface area contributed by atoms with Gasteiger partial charge in [0.2, 0.25) is 0 Å². The minimum atomic E-state index is 0.755. The summed E-state index contributed by atoms with van der Waals surface area (Å²) >= 11 is 9.26. The molecule has 0 aliphatic heterocycles. The van der Waals surface area contributed by atoms with E-state index >= 15 is 0 Å². The Hall–Kier alpha value is -0.790. The number of rotatable bonds is 1. The predicted molar refractivity (Wildman–Crippen MR) is 63.4 cm³/mol. The van der Waals surface area contributed by atoms with Crippen LogP contribution in [0.4, 0.5) is 0 Å². The summed E-state index contributed by atoms with van der Waals surface area (Å²) in [6.07, 6.45) is 0. The van der Waals surface area contributed by atoms with Crippen LogP contribution in [-0.4, -0.2) is 0 Å². The first kappa shape index (κ1) is 9.75. The van der Waals surface area contributed by atoms with Gasteiger partial charge in [0.15, 0.2) is 0 Å². The first-order valence-electron chi connectivity index (χ1n) is 4.19. The predicted octanol–water partition coefficient (Wildman–Crippen LogP) is 4.57. The fourth-order valence-electron chi connectivity index (χ4n) is 1.25. The van der Waals surface area contributed by atoms with Gasteiger partial charge in [0, 0.05) is 9.50 Å². The van der Waals surface area contributed by atoms with Gasteiger partial charge in [-0.25, -0.2) is 0 Å². The summed E-state index contributed by atoms with van der Waals surface area (Å²) in [7, 11) is 0. The molecule has 0 unspecified atom stereocenters. The van der Waals surface area contributed by atoms with Crippen LogP contribution in [0.2, 0.25) is 5.02 Å². The average Bonchev–Trinajstić information content (AvgIpc) is 2.19. The Balaban J connectivity index is 2.44. The van der Waals surface area contributed by atoms with E-state index < -0.39 is 0 Å². The van der Waals surface area contributed by atoms with Crippen LogP contribution >= 0.6 is 27.5 Å². The van der Waals surface area contributed by atoms with E-state index in [1.54, 1.807) is 0 Å². The lowest BCUT2D eigenvalue weighted by Crippen LogP contribution is -1.76. The zero-order valence-corrected chi connectivity index (χ0v) is 9.64. The third-order valence-electron chi connectivity index (χ3n) is 1.93. The average molecular weight is 267 g/mol. The maximum Gasteiger partial charge on any atom is 0.0412 e. The van der Waals surface area contributed by atoms with Crippen LogP contribution in [0.1, 0.15) is 0 Å². The number of benzene rings is 2. The van der Waals surface area contributed by atoms with E-state index in [9.17, 15) is 0 Å². The summed E-state index contributed by atoms with van der Waals surface area (Å²) in [5, 5.41) is 0.755. The van der Waals surface area contributed by atoms with Crippen molar-refractivity contribution in [3.8, 4) is 11.1 Å². The molecular formula is C12H7BrCl. The maximum atomic E-state index is 5.91. The molecule has 2 aromatic rings. The molecule has 0 nitrogen and oxygen atoms in total. The van der Waals surface area contributed by atoms with E-state index in [0.29, 0.717) is 0 Å². The summed E-state index contributed by atoms with van der Waals surface area (Å²) in [6.45, 7) is 0. The van der Waals surface area contributed by atoms with Gasteiger partial charge in [-0.2, -0.15) is 0 Å². The molecule has 0 bridgehead atoms. The van der Waals surface area contributed by atoms with Gasteiger partial charge in [-0.3, -0.25) is 0 Å². The molecule has 0 aromatic heterocycles. The Labute approximate surface area is 96.7 Å². The molecule has 2 rings (SSSR count). The van der Waals surface area contributed by atoms with Crippen LogP contribution in [-0.2, 0) is 0 Å². The molecule has 0 aliphatic carbocycles. The third-order valence-corrected chi connectivity index (χ3v) is 2.66. The van der Waals surface area contributed by atoms with Gasteiger partial charge in [0.1, 0.15) is 0 Å². The SMILES string of the molecule is Clc1cccc(-c2c[c]c(Br)cc2)c1. The second-order valence-corrected chi connectivity index (χ2v) is 4.23. The highest BCUT2D eigenvalue weighted by Crippen LogP contribution is 2.23. The van der Waals surface area contributed by atoms with Gasteiger partial charge in [-0.1, -0.05) is 45.7 Å². The molecular weight excluding hydrogens is 259 g/mol. The first-order chi connectivity index (χ1) is 6.75. The molecule has 0 saturated carbocycles. The quantitative estimate of drug-likeness (QED) is 0.709. The molecule has 0 atom stereocenters. The Morgan fingerprint density at radius 2 is 1.93 bits per heavy atom. The van der Waals surface area contributed by atoms with Crippen LogP contribution < -0.4 is 0 Å². The standard InChI is InChI=1S/C12H7BrCl/c13-11-6-4-9(5-7-11)10-2-1-3-12(14)8-10/h1-6,8H. The van der Waals surface area contributed by atoms with E-state index in [1.165, 1.54) is 0 Å². The molecule has 0 N–H and O–H groups in total. The first-order valence-corrected chi connectivity index (χ1v) is 5.36. The molecule has 0 fully saturated rings. The zero-order chi connectivity index (χ0) is 9.97. The van der Waals surface area contributed by atoms with Crippen molar-refractivity contribution >= 4 is 27.5 Å². The fraction of sp³-hybridized carbons (Fsp3) is 0. The summed E-state index contributed by atoms with van der Waals surface area (Å²) in [6, 6.07) is 16.8. The van der Waals surface area contributed by atoms with Crippen molar-refractivity contribution < 1.29 is 0 Å². The van der Waals surface area contributed by atoms with Crippen molar-refractivity contribution in [1.82, 2.24) is 0 Å². The van der Waals surface area contributed by atoms with Crippen LogP contribution in [0.15, 0.2) is 46.9 Å². The van der Waals surface area contributed by atoms with Crippen molar-refractivity contribution in [2.24, 2.45) is 0 Å². The van der Waals surface area contributed by atoms with Crippen LogP contribution in [0.25, 0.3) is 11.1 Å². The van der Waals surface area contributed by atoms with Gasteiger partial charge < -0.3 is 0 Å². The lowest BCUT2D eigenvalue weighted by molar-refractivity contribution is 1.58. The van der Waals surface area contributed by atoms with Crippen molar-refractivity contribution in [3.05, 3.63) is 58.0 Å². The normalized spacial score (nSPS) is 10.1. The van der Waals surface area contributed by atoms with Gasteiger partial charge >= 0.3 is 0 Å². The third kappa shape index (κ3) is 2.17. The van der Waals surface area contributed by atoms with Gasteiger partial charge in [-0.05, 0) is 41.5 Å². The highest BCUT2D eigenvalue weighted by atomic mass is 79.9. The summed E-state index contributed by atoms with van der Waals surface area (Å²) in [5.74, 6) is 0. The van der Waals surface area contributed by atoms with Gasteiger partial charge in [0.05, 0.1) is 0 Å². The molecule has 0 heterocycles. The van der Waals surface area contributed by atoms with Crippen LogP contribution in [0, 0.1) is 6.07 Å². The van der Waals surface area contributed by atoms with Crippen molar-refractivity contribution in [2.75, 3.05) is 0 Å². The topological polar surface area (TPSA) is 0 Å². The van der Waals surface area contributed by atoms with Crippen molar-refractivity contribution in [3.63, 3.8) is 0 Å². The number of hydrogen-bond acceptors (Lipinski definition) is 0. The van der Waals surface area contributed by atoms with Crippen LogP contribution in [0.3, 0.4) is 0 Å². The Kier molecular flexibility index (Phi) is 2.90. The minimum Gasteiger partial charge on any atom is -0.0843 e. The maximum absolute atomic E-state index is 5.91. The second kappa shape index (κ2) is 4.16. The lowest BCUT2D eigenvalue weighted by Gasteiger charge is -2.01. The van der Waals surface area contributed by atoms with E-state index in [-0.39, 0.29) is 0 Å². The van der Waals surface area contributed by atoms with E-state index in [1.807, 2.05) is 42.5 Å². The summed E-state index contributed by atoms with van der Waals surface area (Å²) < 4.78 is 0.961. The molecule has 1 radical (unpaired) electrons. The Morgan fingerprint density at radius 1 is 1.07 bits per heavy atom. The fourth-order valence-corrected chi connectivity index (χ4v) is 1.69. The monoisotopic (exact) mass is 265 g/mol. The molecule has 2 aromatic carbocycles. The van der Waals surface area contributed by atoms with Gasteiger partial charge in [0.25, 0.3) is 0 Å². The number of halogens is 2. The van der Waals surface area contributed by atoms with Crippen molar-refractivity contribution in [1.29, 1.82) is 0 Å². The number of hydrogen-bond donors (Lipinski definition) is 0. The largest absolute Gasteiger partial charge is 0.0843 e.